The highest BCUT2D eigenvalue weighted by Crippen LogP contribution is 2.26. The Morgan fingerprint density at radius 3 is 2.58 bits per heavy atom. The first-order valence-corrected chi connectivity index (χ1v) is 8.61. The molecule has 3 nitrogen and oxygen atoms in total. The number of nitrogens with one attached hydrogen (secondary N) is 1. The molecule has 0 saturated carbocycles. The van der Waals surface area contributed by atoms with Crippen LogP contribution in [0.2, 0.25) is 5.02 Å². The highest BCUT2D eigenvalue weighted by molar-refractivity contribution is 9.10. The van der Waals surface area contributed by atoms with Gasteiger partial charge in [0.1, 0.15) is 5.75 Å². The second-order valence-electron chi connectivity index (χ2n) is 5.39. The molecule has 0 spiro atoms. The van der Waals surface area contributed by atoms with Crippen LogP contribution in [0.3, 0.4) is 0 Å². The van der Waals surface area contributed by atoms with Crippen LogP contribution in [0, 0.1) is 0 Å². The summed E-state index contributed by atoms with van der Waals surface area (Å²) >= 11 is 9.35. The van der Waals surface area contributed by atoms with Crippen molar-refractivity contribution in [3.8, 4) is 5.75 Å². The Labute approximate surface area is 153 Å². The van der Waals surface area contributed by atoms with Gasteiger partial charge in [-0.1, -0.05) is 41.9 Å². The van der Waals surface area contributed by atoms with Crippen LogP contribution >= 0.6 is 27.5 Å². The van der Waals surface area contributed by atoms with Gasteiger partial charge in [-0.2, -0.15) is 0 Å². The van der Waals surface area contributed by atoms with Crippen LogP contribution in [0.5, 0.6) is 5.75 Å². The van der Waals surface area contributed by atoms with E-state index in [2.05, 4.69) is 21.2 Å². The van der Waals surface area contributed by atoms with E-state index >= 15 is 0 Å². The zero-order valence-electron chi connectivity index (χ0n) is 12.9. The summed E-state index contributed by atoms with van der Waals surface area (Å²) in [5.74, 6) is 0.423. The van der Waals surface area contributed by atoms with Crippen LogP contribution in [-0.4, -0.2) is 12.0 Å². The zero-order valence-corrected chi connectivity index (χ0v) is 15.3. The Bertz CT molecular complexity index is 897. The minimum Gasteiger partial charge on any atom is -0.481 e. The summed E-state index contributed by atoms with van der Waals surface area (Å²) in [5.41, 5.74) is 0.627. The summed E-state index contributed by atoms with van der Waals surface area (Å²) in [7, 11) is 0. The molecule has 24 heavy (non-hydrogen) atoms. The van der Waals surface area contributed by atoms with E-state index in [1.165, 1.54) is 0 Å². The molecule has 3 rings (SSSR count). The van der Waals surface area contributed by atoms with Gasteiger partial charge in [-0.3, -0.25) is 4.79 Å². The van der Waals surface area contributed by atoms with E-state index < -0.39 is 6.10 Å². The van der Waals surface area contributed by atoms with Gasteiger partial charge in [0.05, 0.1) is 5.02 Å². The van der Waals surface area contributed by atoms with Gasteiger partial charge in [0.15, 0.2) is 6.10 Å². The smallest absolute Gasteiger partial charge is 0.265 e. The molecule has 0 unspecified atom stereocenters. The van der Waals surface area contributed by atoms with Crippen LogP contribution in [-0.2, 0) is 4.79 Å². The summed E-state index contributed by atoms with van der Waals surface area (Å²) in [6, 6.07) is 19.0. The van der Waals surface area contributed by atoms with Gasteiger partial charge in [-0.05, 0) is 64.0 Å². The Balaban J connectivity index is 1.69. The van der Waals surface area contributed by atoms with Gasteiger partial charge in [-0.15, -0.1) is 0 Å². The summed E-state index contributed by atoms with van der Waals surface area (Å²) in [5, 5.41) is 5.54. The molecule has 0 bridgehead atoms. The maximum Gasteiger partial charge on any atom is 0.265 e. The molecule has 0 aliphatic rings. The molecule has 1 N–H and O–H groups in total. The van der Waals surface area contributed by atoms with Crippen molar-refractivity contribution in [2.24, 2.45) is 0 Å². The first-order chi connectivity index (χ1) is 11.5. The van der Waals surface area contributed by atoms with Gasteiger partial charge < -0.3 is 10.1 Å². The second-order valence-corrected chi connectivity index (χ2v) is 6.65. The molecule has 0 aliphatic heterocycles. The van der Waals surface area contributed by atoms with E-state index in [1.807, 2.05) is 42.5 Å². The quantitative estimate of drug-likeness (QED) is 0.609. The number of benzene rings is 3. The molecule has 1 amide bonds. The SMILES string of the molecule is C[C@@H](Oc1ccc2ccccc2c1)C(=O)Nc1ccc(Br)c(Cl)c1. The normalized spacial score (nSPS) is 12.0. The first-order valence-electron chi connectivity index (χ1n) is 7.44. The molecule has 0 radical (unpaired) electrons. The molecule has 0 aliphatic carbocycles. The molecule has 1 atom stereocenters. The highest BCUT2D eigenvalue weighted by Gasteiger charge is 2.15. The predicted molar refractivity (Wildman–Crippen MR) is 102 cm³/mol. The molecule has 0 heterocycles. The summed E-state index contributed by atoms with van der Waals surface area (Å²) < 4.78 is 6.54. The number of anilines is 1. The third-order valence-corrected chi connectivity index (χ3v) is 4.82. The average Bonchev–Trinajstić information content (AvgIpc) is 2.58. The number of halogens is 2. The monoisotopic (exact) mass is 403 g/mol. The number of amides is 1. The largest absolute Gasteiger partial charge is 0.481 e. The Kier molecular flexibility index (Phi) is 5.07. The minimum atomic E-state index is -0.631. The lowest BCUT2D eigenvalue weighted by Gasteiger charge is -2.15. The van der Waals surface area contributed by atoms with Crippen molar-refractivity contribution in [2.75, 3.05) is 5.32 Å². The minimum absolute atomic E-state index is 0.235. The maximum atomic E-state index is 12.3. The van der Waals surface area contributed by atoms with E-state index in [9.17, 15) is 4.79 Å². The van der Waals surface area contributed by atoms with Crippen molar-refractivity contribution in [2.45, 2.75) is 13.0 Å². The Morgan fingerprint density at radius 2 is 1.83 bits per heavy atom. The summed E-state index contributed by atoms with van der Waals surface area (Å²) in [6.45, 7) is 1.71. The molecule has 122 valence electrons. The predicted octanol–water partition coefficient (Wildman–Crippen LogP) is 5.66. The van der Waals surface area contributed by atoms with Crippen molar-refractivity contribution in [3.63, 3.8) is 0 Å². The standard InChI is InChI=1S/C19H15BrClNO2/c1-12(19(23)22-15-7-9-17(20)18(21)11-15)24-16-8-6-13-4-2-3-5-14(13)10-16/h2-12H,1H3,(H,22,23)/t12-/m1/s1. The summed E-state index contributed by atoms with van der Waals surface area (Å²) in [4.78, 5) is 12.3. The molecule has 0 saturated heterocycles. The fraction of sp³-hybridized carbons (Fsp3) is 0.105. The number of hydrogen-bond donors (Lipinski definition) is 1. The number of fused-ring (bicyclic) bond motifs is 1. The number of ether oxygens (including phenoxy) is 1. The molecular formula is C19H15BrClNO2. The van der Waals surface area contributed by atoms with Crippen molar-refractivity contribution in [1.29, 1.82) is 0 Å². The highest BCUT2D eigenvalue weighted by atomic mass is 79.9. The Morgan fingerprint density at radius 1 is 1.08 bits per heavy atom. The second kappa shape index (κ2) is 7.24. The molecule has 3 aromatic carbocycles. The van der Waals surface area contributed by atoms with Crippen molar-refractivity contribution in [1.82, 2.24) is 0 Å². The molecular weight excluding hydrogens is 390 g/mol. The maximum absolute atomic E-state index is 12.3. The fourth-order valence-electron chi connectivity index (χ4n) is 2.32. The lowest BCUT2D eigenvalue weighted by Crippen LogP contribution is -2.30. The fourth-order valence-corrected chi connectivity index (χ4v) is 2.74. The number of carbonyl (C=O) groups excluding carboxylic acids is 1. The lowest BCUT2D eigenvalue weighted by molar-refractivity contribution is -0.122. The van der Waals surface area contributed by atoms with Gasteiger partial charge in [0.25, 0.3) is 5.91 Å². The third kappa shape index (κ3) is 3.89. The van der Waals surface area contributed by atoms with Crippen LogP contribution in [0.15, 0.2) is 65.1 Å². The zero-order chi connectivity index (χ0) is 17.1. The van der Waals surface area contributed by atoms with Gasteiger partial charge in [0.2, 0.25) is 0 Å². The topological polar surface area (TPSA) is 38.3 Å². The van der Waals surface area contributed by atoms with Crippen molar-refractivity contribution >= 4 is 49.9 Å². The van der Waals surface area contributed by atoms with E-state index in [0.717, 1.165) is 15.2 Å². The number of carbonyl (C=O) groups is 1. The van der Waals surface area contributed by atoms with Gasteiger partial charge >= 0.3 is 0 Å². The lowest BCUT2D eigenvalue weighted by atomic mass is 10.1. The van der Waals surface area contributed by atoms with Gasteiger partial charge in [0, 0.05) is 10.2 Å². The van der Waals surface area contributed by atoms with E-state index in [4.69, 9.17) is 16.3 Å². The summed E-state index contributed by atoms with van der Waals surface area (Å²) in [6.07, 6.45) is -0.631. The van der Waals surface area contributed by atoms with Crippen LogP contribution in [0.1, 0.15) is 6.92 Å². The van der Waals surface area contributed by atoms with Crippen molar-refractivity contribution in [3.05, 3.63) is 70.2 Å². The third-order valence-electron chi connectivity index (χ3n) is 3.59. The van der Waals surface area contributed by atoms with E-state index in [0.29, 0.717) is 16.5 Å². The number of hydrogen-bond acceptors (Lipinski definition) is 2. The average molecular weight is 405 g/mol. The molecule has 0 aromatic heterocycles. The molecule has 0 fully saturated rings. The van der Waals surface area contributed by atoms with Gasteiger partial charge in [-0.25, -0.2) is 0 Å². The molecule has 5 heteroatoms. The van der Waals surface area contributed by atoms with Crippen LogP contribution in [0.25, 0.3) is 10.8 Å². The first kappa shape index (κ1) is 16.8. The van der Waals surface area contributed by atoms with E-state index in [1.54, 1.807) is 25.1 Å². The Hall–Kier alpha value is -2.04. The van der Waals surface area contributed by atoms with Crippen LogP contribution < -0.4 is 10.1 Å². The number of rotatable bonds is 4. The molecule has 3 aromatic rings. The van der Waals surface area contributed by atoms with Crippen molar-refractivity contribution < 1.29 is 9.53 Å². The van der Waals surface area contributed by atoms with E-state index in [-0.39, 0.29) is 5.91 Å². The van der Waals surface area contributed by atoms with Crippen LogP contribution in [0.4, 0.5) is 5.69 Å².